The van der Waals surface area contributed by atoms with Crippen molar-refractivity contribution in [3.63, 3.8) is 0 Å². The molecule has 104 valence electrons. The largest absolute Gasteiger partial charge is 0.274 e. The van der Waals surface area contributed by atoms with Crippen molar-refractivity contribution in [1.82, 2.24) is 0 Å². The normalized spacial score (nSPS) is 23.9. The molecule has 2 aromatic carbocycles. The monoisotopic (exact) mass is 277 g/mol. The van der Waals surface area contributed by atoms with Crippen LogP contribution in [-0.4, -0.2) is 11.8 Å². The lowest BCUT2D eigenvalue weighted by Gasteiger charge is -2.24. The van der Waals surface area contributed by atoms with E-state index < -0.39 is 0 Å². The first-order chi connectivity index (χ1) is 10.3. The highest BCUT2D eigenvalue weighted by Crippen LogP contribution is 2.44. The number of anilines is 1. The van der Waals surface area contributed by atoms with Crippen molar-refractivity contribution < 1.29 is 9.59 Å². The number of rotatable bonds is 1. The summed E-state index contributed by atoms with van der Waals surface area (Å²) < 4.78 is 0. The van der Waals surface area contributed by atoms with E-state index in [1.165, 1.54) is 10.5 Å². The fourth-order valence-electron chi connectivity index (χ4n) is 3.58. The quantitative estimate of drug-likeness (QED) is 0.752. The molecule has 0 spiro atoms. The third-order valence-corrected chi connectivity index (χ3v) is 4.56. The molecule has 0 aromatic heterocycles. The van der Waals surface area contributed by atoms with Gasteiger partial charge in [0, 0.05) is 0 Å². The predicted molar refractivity (Wildman–Crippen MR) is 79.9 cm³/mol. The van der Waals surface area contributed by atoms with Gasteiger partial charge in [-0.1, -0.05) is 42.5 Å². The Bertz CT molecular complexity index is 723. The molecule has 1 fully saturated rings. The molecule has 0 saturated carbocycles. The molecule has 4 rings (SSSR count). The number of para-hydroxylation sites is 1. The van der Waals surface area contributed by atoms with Gasteiger partial charge in [-0.3, -0.25) is 9.59 Å². The average molecular weight is 277 g/mol. The Hall–Kier alpha value is -2.42. The zero-order chi connectivity index (χ0) is 14.4. The molecule has 3 heteroatoms. The molecule has 21 heavy (non-hydrogen) atoms. The van der Waals surface area contributed by atoms with E-state index in [0.29, 0.717) is 5.69 Å². The van der Waals surface area contributed by atoms with Crippen molar-refractivity contribution in [2.24, 2.45) is 5.92 Å². The Morgan fingerprint density at radius 2 is 1.57 bits per heavy atom. The van der Waals surface area contributed by atoms with Gasteiger partial charge in [-0.05, 0) is 36.1 Å². The lowest BCUT2D eigenvalue weighted by Crippen LogP contribution is -2.30. The van der Waals surface area contributed by atoms with Crippen LogP contribution >= 0.6 is 0 Å². The smallest absolute Gasteiger partial charge is 0.242 e. The van der Waals surface area contributed by atoms with Crippen molar-refractivity contribution in [3.05, 3.63) is 65.7 Å². The Balaban J connectivity index is 1.81. The Morgan fingerprint density at radius 3 is 2.38 bits per heavy atom. The van der Waals surface area contributed by atoms with E-state index in [2.05, 4.69) is 6.07 Å². The summed E-state index contributed by atoms with van der Waals surface area (Å²) in [7, 11) is 0. The van der Waals surface area contributed by atoms with Crippen molar-refractivity contribution >= 4 is 17.5 Å². The summed E-state index contributed by atoms with van der Waals surface area (Å²) >= 11 is 0. The van der Waals surface area contributed by atoms with Crippen LogP contribution in [0.2, 0.25) is 0 Å². The second-order valence-corrected chi connectivity index (χ2v) is 5.67. The second kappa shape index (κ2) is 4.55. The van der Waals surface area contributed by atoms with Gasteiger partial charge in [0.15, 0.2) is 0 Å². The summed E-state index contributed by atoms with van der Waals surface area (Å²) in [4.78, 5) is 26.9. The summed E-state index contributed by atoms with van der Waals surface area (Å²) in [5, 5.41) is 0. The van der Waals surface area contributed by atoms with Crippen molar-refractivity contribution in [2.45, 2.75) is 18.8 Å². The molecule has 0 radical (unpaired) electrons. The second-order valence-electron chi connectivity index (χ2n) is 5.67. The van der Waals surface area contributed by atoms with Gasteiger partial charge in [0.1, 0.15) is 0 Å². The number of imide groups is 1. The first kappa shape index (κ1) is 12.3. The minimum Gasteiger partial charge on any atom is -0.274 e. The van der Waals surface area contributed by atoms with Crippen LogP contribution in [0, 0.1) is 5.92 Å². The highest BCUT2D eigenvalue weighted by molar-refractivity contribution is 6.24. The van der Waals surface area contributed by atoms with Crippen molar-refractivity contribution in [1.29, 1.82) is 0 Å². The molecule has 1 heterocycles. The van der Waals surface area contributed by atoms with Gasteiger partial charge in [-0.25, -0.2) is 4.90 Å². The topological polar surface area (TPSA) is 37.4 Å². The summed E-state index contributed by atoms with van der Waals surface area (Å²) in [5.41, 5.74) is 2.92. The van der Waals surface area contributed by atoms with Gasteiger partial charge in [0.25, 0.3) is 0 Å². The highest BCUT2D eigenvalue weighted by atomic mass is 16.2. The van der Waals surface area contributed by atoms with E-state index in [-0.39, 0.29) is 23.7 Å². The first-order valence-electron chi connectivity index (χ1n) is 7.28. The van der Waals surface area contributed by atoms with E-state index in [0.717, 1.165) is 18.4 Å². The van der Waals surface area contributed by atoms with Crippen LogP contribution in [0.25, 0.3) is 0 Å². The molecule has 2 unspecified atom stereocenters. The zero-order valence-electron chi connectivity index (χ0n) is 11.5. The van der Waals surface area contributed by atoms with Gasteiger partial charge in [0.2, 0.25) is 11.8 Å². The van der Waals surface area contributed by atoms with E-state index in [9.17, 15) is 9.59 Å². The first-order valence-corrected chi connectivity index (χ1v) is 7.28. The van der Waals surface area contributed by atoms with Gasteiger partial charge in [0.05, 0.1) is 17.5 Å². The van der Waals surface area contributed by atoms with Crippen LogP contribution in [0.3, 0.4) is 0 Å². The van der Waals surface area contributed by atoms with E-state index in [1.54, 1.807) is 0 Å². The lowest BCUT2D eigenvalue weighted by atomic mass is 9.76. The maximum absolute atomic E-state index is 12.8. The lowest BCUT2D eigenvalue weighted by molar-refractivity contribution is -0.122. The number of aryl methyl sites for hydroxylation is 1. The molecule has 2 aliphatic rings. The van der Waals surface area contributed by atoms with E-state index in [1.807, 2.05) is 48.5 Å². The van der Waals surface area contributed by atoms with E-state index in [4.69, 9.17) is 0 Å². The Morgan fingerprint density at radius 1 is 0.857 bits per heavy atom. The molecule has 1 aliphatic heterocycles. The highest BCUT2D eigenvalue weighted by Gasteiger charge is 2.50. The Kier molecular flexibility index (Phi) is 2.67. The maximum atomic E-state index is 12.8. The molecular formula is C18H15NO2. The third-order valence-electron chi connectivity index (χ3n) is 4.56. The summed E-state index contributed by atoms with van der Waals surface area (Å²) in [6.45, 7) is 0. The summed E-state index contributed by atoms with van der Waals surface area (Å²) in [6, 6.07) is 17.2. The number of amides is 2. The van der Waals surface area contributed by atoms with Gasteiger partial charge in [-0.2, -0.15) is 0 Å². The minimum atomic E-state index is -0.303. The molecule has 3 nitrogen and oxygen atoms in total. The molecular weight excluding hydrogens is 262 g/mol. The maximum Gasteiger partial charge on any atom is 0.242 e. The van der Waals surface area contributed by atoms with Crippen LogP contribution in [0.4, 0.5) is 5.69 Å². The summed E-state index contributed by atoms with van der Waals surface area (Å²) in [6.07, 6.45) is 1.63. The molecule has 2 amide bonds. The number of benzene rings is 2. The van der Waals surface area contributed by atoms with Gasteiger partial charge >= 0.3 is 0 Å². The zero-order valence-corrected chi connectivity index (χ0v) is 11.5. The van der Waals surface area contributed by atoms with Gasteiger partial charge < -0.3 is 0 Å². The molecule has 0 bridgehead atoms. The molecule has 1 aliphatic carbocycles. The molecule has 2 atom stereocenters. The van der Waals surface area contributed by atoms with Crippen molar-refractivity contribution in [2.75, 3.05) is 4.90 Å². The van der Waals surface area contributed by atoms with Crippen LogP contribution < -0.4 is 4.90 Å². The fourth-order valence-corrected chi connectivity index (χ4v) is 3.58. The molecule has 1 saturated heterocycles. The van der Waals surface area contributed by atoms with Crippen LogP contribution in [0.1, 0.15) is 23.5 Å². The fraction of sp³-hybridized carbons (Fsp3) is 0.222. The minimum absolute atomic E-state index is 0.0503. The number of hydrogen-bond donors (Lipinski definition) is 0. The number of nitrogens with zero attached hydrogens (tertiary/aromatic N) is 1. The number of hydrogen-bond acceptors (Lipinski definition) is 2. The number of fused-ring (bicyclic) bond motifs is 3. The van der Waals surface area contributed by atoms with Crippen LogP contribution in [-0.2, 0) is 16.0 Å². The summed E-state index contributed by atoms with van der Waals surface area (Å²) in [5.74, 6) is -0.635. The van der Waals surface area contributed by atoms with Gasteiger partial charge in [-0.15, -0.1) is 0 Å². The molecule has 0 N–H and O–H groups in total. The van der Waals surface area contributed by atoms with Crippen molar-refractivity contribution in [3.8, 4) is 0 Å². The SMILES string of the molecule is O=C1C2CCc3ccccc3C2C(=O)N1c1ccccc1. The van der Waals surface area contributed by atoms with E-state index >= 15 is 0 Å². The van der Waals surface area contributed by atoms with Crippen LogP contribution in [0.5, 0.6) is 0 Å². The molecule has 2 aromatic rings. The number of carbonyl (C=O) groups is 2. The van der Waals surface area contributed by atoms with Crippen LogP contribution in [0.15, 0.2) is 54.6 Å². The number of carbonyl (C=O) groups excluding carboxylic acids is 2. The average Bonchev–Trinajstić information content (AvgIpc) is 2.80. The predicted octanol–water partition coefficient (Wildman–Crippen LogP) is 2.91. The Labute approximate surface area is 123 Å². The standard InChI is InChI=1S/C18H15NO2/c20-17-15-11-10-12-6-4-5-9-14(12)16(15)18(21)19(17)13-7-2-1-3-8-13/h1-9,15-16H,10-11H2. The third kappa shape index (κ3) is 1.74.